The average Bonchev–Trinajstić information content (AvgIpc) is 2.99. The number of phenolic OH excluding ortho intramolecular Hbond substituents is 4. The Bertz CT molecular complexity index is 2090. The number of hydrogen-bond donors (Lipinski definition) is 4. The fourth-order valence-electron chi connectivity index (χ4n) is 5.12. The minimum absolute atomic E-state index is 0.205. The first-order valence-electron chi connectivity index (χ1n) is 13.3. The molecule has 212 valence electrons. The van der Waals surface area contributed by atoms with Gasteiger partial charge in [-0.15, -0.1) is 0 Å². The fourth-order valence-corrected chi connectivity index (χ4v) is 5.88. The van der Waals surface area contributed by atoms with Gasteiger partial charge in [0.15, 0.2) is 23.0 Å². The quantitative estimate of drug-likeness (QED) is 0.103. The molecule has 0 aliphatic heterocycles. The molecular weight excluding hydrogens is 672 g/mol. The molecule has 0 radical (unpaired) electrons. The first-order valence-corrected chi connectivity index (χ1v) is 14.9. The largest absolute Gasteiger partial charge is 0.504 e. The van der Waals surface area contributed by atoms with E-state index in [9.17, 15) is 20.4 Å². The topological polar surface area (TPSA) is 106 Å². The van der Waals surface area contributed by atoms with Gasteiger partial charge in [0.2, 0.25) is 0 Å². The molecule has 0 fully saturated rings. The number of phenols is 4. The molecule has 0 aliphatic rings. The second-order valence-electron chi connectivity index (χ2n) is 9.95. The summed E-state index contributed by atoms with van der Waals surface area (Å²) in [4.78, 5) is 9.48. The molecule has 6 nitrogen and oxygen atoms in total. The Labute approximate surface area is 264 Å². The number of nitrogens with zero attached hydrogens (tertiary/aromatic N) is 2. The van der Waals surface area contributed by atoms with Crippen LogP contribution in [0.5, 0.6) is 23.0 Å². The predicted molar refractivity (Wildman–Crippen MR) is 180 cm³/mol. The second-order valence-corrected chi connectivity index (χ2v) is 11.8. The Morgan fingerprint density at radius 3 is 1.77 bits per heavy atom. The Hall–Kier alpha value is -4.66. The van der Waals surface area contributed by atoms with Crippen LogP contribution in [0.4, 0.5) is 5.69 Å². The van der Waals surface area contributed by atoms with Gasteiger partial charge < -0.3 is 20.4 Å². The van der Waals surface area contributed by atoms with Crippen LogP contribution in [0.1, 0.15) is 16.7 Å². The third kappa shape index (κ3) is 5.71. The molecular formula is C35H24Br2N2O4. The minimum atomic E-state index is -0.238. The van der Waals surface area contributed by atoms with Gasteiger partial charge in [-0.2, -0.15) is 0 Å². The third-order valence-electron chi connectivity index (χ3n) is 7.20. The van der Waals surface area contributed by atoms with E-state index in [0.717, 1.165) is 47.2 Å². The fraction of sp³-hybridized carbons (Fsp3) is 0.0286. The Kier molecular flexibility index (Phi) is 7.88. The molecule has 0 saturated carbocycles. The second kappa shape index (κ2) is 11.9. The van der Waals surface area contributed by atoms with Crippen LogP contribution in [-0.4, -0.2) is 32.9 Å². The van der Waals surface area contributed by atoms with Crippen molar-refractivity contribution >= 4 is 71.5 Å². The lowest BCUT2D eigenvalue weighted by atomic mass is 9.89. The van der Waals surface area contributed by atoms with Crippen molar-refractivity contribution in [2.45, 2.75) is 6.54 Å². The monoisotopic (exact) mass is 694 g/mol. The van der Waals surface area contributed by atoms with Crippen LogP contribution in [0.15, 0.2) is 116 Å². The highest BCUT2D eigenvalue weighted by Gasteiger charge is 2.18. The van der Waals surface area contributed by atoms with Crippen molar-refractivity contribution < 1.29 is 20.4 Å². The lowest BCUT2D eigenvalue weighted by Crippen LogP contribution is -1.94. The summed E-state index contributed by atoms with van der Waals surface area (Å²) in [7, 11) is 0. The smallest absolute Gasteiger partial charge is 0.166 e. The van der Waals surface area contributed by atoms with Crippen LogP contribution >= 0.6 is 31.9 Å². The van der Waals surface area contributed by atoms with Gasteiger partial charge in [0.25, 0.3) is 0 Å². The van der Waals surface area contributed by atoms with Crippen molar-refractivity contribution in [1.29, 1.82) is 0 Å². The molecule has 6 aromatic rings. The highest BCUT2D eigenvalue weighted by Crippen LogP contribution is 2.44. The van der Waals surface area contributed by atoms with Crippen LogP contribution in [-0.2, 0) is 6.54 Å². The molecule has 0 atom stereocenters. The first-order chi connectivity index (χ1) is 20.8. The Morgan fingerprint density at radius 2 is 1.14 bits per heavy atom. The third-order valence-corrected chi connectivity index (χ3v) is 8.19. The van der Waals surface area contributed by atoms with E-state index in [1.54, 1.807) is 36.7 Å². The summed E-state index contributed by atoms with van der Waals surface area (Å²) in [6.07, 6.45) is 3.09. The Morgan fingerprint density at radius 1 is 0.581 bits per heavy atom. The predicted octanol–water partition coefficient (Wildman–Crippen LogP) is 9.38. The van der Waals surface area contributed by atoms with Crippen LogP contribution < -0.4 is 0 Å². The molecule has 4 N–H and O–H groups in total. The normalized spacial score (nSPS) is 11.8. The summed E-state index contributed by atoms with van der Waals surface area (Å²) in [5, 5.41) is 44.6. The van der Waals surface area contributed by atoms with E-state index in [4.69, 9.17) is 4.99 Å². The summed E-state index contributed by atoms with van der Waals surface area (Å²) in [6.45, 7) is 0.292. The molecule has 8 heteroatoms. The molecule has 43 heavy (non-hydrogen) atoms. The molecule has 6 rings (SSSR count). The molecule has 0 spiro atoms. The molecule has 0 saturated heterocycles. The summed E-state index contributed by atoms with van der Waals surface area (Å²) in [5.41, 5.74) is 4.24. The number of halogens is 2. The van der Waals surface area contributed by atoms with Crippen LogP contribution in [0.3, 0.4) is 0 Å². The SMILES string of the molecule is Oc1cccc(C=NCc2ccc3cc(Br)ccc3c2-c2c(N=Cc3cccc(O)c3O)ccc3cc(Br)ccc23)c1O. The van der Waals surface area contributed by atoms with Gasteiger partial charge in [0.05, 0.1) is 12.2 Å². The molecule has 0 aromatic heterocycles. The molecule has 6 aromatic carbocycles. The van der Waals surface area contributed by atoms with Gasteiger partial charge in [-0.1, -0.05) is 74.3 Å². The zero-order valence-electron chi connectivity index (χ0n) is 22.5. The lowest BCUT2D eigenvalue weighted by molar-refractivity contribution is 0.403. The first kappa shape index (κ1) is 28.5. The number of para-hydroxylation sites is 2. The number of hydrogen-bond acceptors (Lipinski definition) is 6. The highest BCUT2D eigenvalue weighted by molar-refractivity contribution is 9.10. The number of fused-ring (bicyclic) bond motifs is 2. The molecule has 0 unspecified atom stereocenters. The maximum absolute atomic E-state index is 10.4. The van der Waals surface area contributed by atoms with E-state index in [1.807, 2.05) is 30.3 Å². The van der Waals surface area contributed by atoms with Crippen LogP contribution in [0.25, 0.3) is 32.7 Å². The van der Waals surface area contributed by atoms with E-state index in [-0.39, 0.29) is 23.0 Å². The molecule has 0 aliphatic carbocycles. The van der Waals surface area contributed by atoms with E-state index >= 15 is 0 Å². The van der Waals surface area contributed by atoms with E-state index in [1.165, 1.54) is 12.1 Å². The minimum Gasteiger partial charge on any atom is -0.504 e. The zero-order valence-corrected chi connectivity index (χ0v) is 25.7. The summed E-state index contributed by atoms with van der Waals surface area (Å²) in [6, 6.07) is 29.8. The van der Waals surface area contributed by atoms with Crippen LogP contribution in [0.2, 0.25) is 0 Å². The van der Waals surface area contributed by atoms with Crippen molar-refractivity contribution in [2.75, 3.05) is 0 Å². The van der Waals surface area contributed by atoms with E-state index in [0.29, 0.717) is 23.4 Å². The number of aliphatic imine (C=N–C) groups is 2. The Balaban J connectivity index is 1.59. The number of aromatic hydroxyl groups is 4. The van der Waals surface area contributed by atoms with Gasteiger partial charge in [0.1, 0.15) is 0 Å². The van der Waals surface area contributed by atoms with Gasteiger partial charge in [-0.05, 0) is 87.3 Å². The van der Waals surface area contributed by atoms with E-state index in [2.05, 4.69) is 67.2 Å². The average molecular weight is 696 g/mol. The molecule has 0 bridgehead atoms. The summed E-state index contributed by atoms with van der Waals surface area (Å²) < 4.78 is 1.90. The summed E-state index contributed by atoms with van der Waals surface area (Å²) >= 11 is 7.19. The van der Waals surface area contributed by atoms with Gasteiger partial charge in [0, 0.05) is 38.1 Å². The molecule has 0 heterocycles. The maximum Gasteiger partial charge on any atom is 0.166 e. The van der Waals surface area contributed by atoms with Crippen molar-refractivity contribution in [2.24, 2.45) is 9.98 Å². The standard InChI is InChI=1S/C35H24Br2N2O4/c36-25-10-12-27-20(15-25)7-8-22(17-38-18-23-3-1-5-30(40)34(23)42)32(27)33-28-13-11-26(37)16-21(28)9-14-29(33)39-19-24-4-2-6-31(41)35(24)43/h1-16,18-19,40-43H,17H2. The van der Waals surface area contributed by atoms with Gasteiger partial charge >= 0.3 is 0 Å². The zero-order chi connectivity index (χ0) is 30.1. The van der Waals surface area contributed by atoms with Crippen molar-refractivity contribution in [3.8, 4) is 34.1 Å². The van der Waals surface area contributed by atoms with Crippen molar-refractivity contribution in [3.63, 3.8) is 0 Å². The van der Waals surface area contributed by atoms with E-state index < -0.39 is 0 Å². The lowest BCUT2D eigenvalue weighted by Gasteiger charge is -2.17. The highest BCUT2D eigenvalue weighted by atomic mass is 79.9. The van der Waals surface area contributed by atoms with Crippen molar-refractivity contribution in [3.05, 3.63) is 123 Å². The maximum atomic E-state index is 10.4. The summed E-state index contributed by atoms with van der Waals surface area (Å²) in [5.74, 6) is -0.882. The van der Waals surface area contributed by atoms with Gasteiger partial charge in [-0.3, -0.25) is 9.98 Å². The molecule has 0 amide bonds. The number of rotatable bonds is 6. The number of benzene rings is 6. The van der Waals surface area contributed by atoms with Gasteiger partial charge in [-0.25, -0.2) is 0 Å². The van der Waals surface area contributed by atoms with Crippen molar-refractivity contribution in [1.82, 2.24) is 0 Å². The van der Waals surface area contributed by atoms with Crippen LogP contribution in [0, 0.1) is 0 Å².